The molecule has 0 radical (unpaired) electrons. The lowest BCUT2D eigenvalue weighted by Gasteiger charge is -2.16. The Balaban J connectivity index is 1.48. The van der Waals surface area contributed by atoms with Gasteiger partial charge in [0.05, 0.1) is 19.8 Å². The highest BCUT2D eigenvalue weighted by Crippen LogP contribution is 2.40. The van der Waals surface area contributed by atoms with Gasteiger partial charge in [0.15, 0.2) is 23.0 Å². The number of methoxy groups -OCH3 is 2. The van der Waals surface area contributed by atoms with Crippen molar-refractivity contribution >= 4 is 24.1 Å². The molecule has 3 aromatic carbocycles. The minimum atomic E-state index is -1.00. The van der Waals surface area contributed by atoms with Crippen LogP contribution < -0.4 is 29.4 Å². The van der Waals surface area contributed by atoms with Gasteiger partial charge in [-0.3, -0.25) is 0 Å². The van der Waals surface area contributed by atoms with Crippen LogP contribution in [0.25, 0.3) is 12.2 Å². The van der Waals surface area contributed by atoms with Crippen LogP contribution in [-0.4, -0.2) is 39.6 Å². The Kier molecular flexibility index (Phi) is 7.01. The number of cyclic esters (lactones) is 1. The summed E-state index contributed by atoms with van der Waals surface area (Å²) in [4.78, 5) is 25.5. The zero-order valence-electron chi connectivity index (χ0n) is 20.8. The standard InChI is InChI=1S/C29H25NO8/c1-33-24-13-18(14-25(27(24)34-2)38-29(32)26(30)19-6-4-3-5-7-19)11-21-20(15-35-28(21)31)10-17-8-9-22-23(12-17)37-16-36-22/h3-14,26H,15-16,30H2,1-2H3/b20-10-,21-11-/t26-/m0/s1. The molecule has 2 aliphatic heterocycles. The van der Waals surface area contributed by atoms with Gasteiger partial charge in [0, 0.05) is 5.57 Å². The molecule has 0 unspecified atom stereocenters. The maximum atomic E-state index is 12.9. The number of rotatable bonds is 7. The van der Waals surface area contributed by atoms with Gasteiger partial charge in [0.1, 0.15) is 12.6 Å². The SMILES string of the molecule is COc1cc(/C=C2\C(=O)OC\C2=C\c2ccc3c(c2)OCO3)cc(OC(=O)[C@@H](N)c2ccccc2)c1OC. The predicted molar refractivity (Wildman–Crippen MR) is 138 cm³/mol. The summed E-state index contributed by atoms with van der Waals surface area (Å²) in [5, 5.41) is 0. The molecular formula is C29H25NO8. The molecule has 2 N–H and O–H groups in total. The fraction of sp³-hybridized carbons (Fsp3) is 0.172. The number of carbonyl (C=O) groups excluding carboxylic acids is 2. The van der Waals surface area contributed by atoms with Gasteiger partial charge in [-0.2, -0.15) is 0 Å². The Labute approximate surface area is 219 Å². The number of hydrogen-bond donors (Lipinski definition) is 1. The fourth-order valence-electron chi connectivity index (χ4n) is 4.15. The summed E-state index contributed by atoms with van der Waals surface area (Å²) in [5.41, 5.74) is 9.11. The molecule has 0 spiro atoms. The molecule has 0 aromatic heterocycles. The molecule has 1 saturated heterocycles. The topological polar surface area (TPSA) is 116 Å². The Hall–Kier alpha value is -4.76. The van der Waals surface area contributed by atoms with Crippen LogP contribution in [0.3, 0.4) is 0 Å². The van der Waals surface area contributed by atoms with E-state index in [9.17, 15) is 9.59 Å². The second-order valence-electron chi connectivity index (χ2n) is 8.48. The highest BCUT2D eigenvalue weighted by Gasteiger charge is 2.27. The van der Waals surface area contributed by atoms with Crippen molar-refractivity contribution in [1.29, 1.82) is 0 Å². The van der Waals surface area contributed by atoms with Crippen molar-refractivity contribution in [2.24, 2.45) is 5.73 Å². The molecule has 9 heteroatoms. The first kappa shape index (κ1) is 24.9. The highest BCUT2D eigenvalue weighted by molar-refractivity contribution is 6.03. The van der Waals surface area contributed by atoms with Gasteiger partial charge < -0.3 is 34.2 Å². The van der Waals surface area contributed by atoms with E-state index in [1.165, 1.54) is 14.2 Å². The van der Waals surface area contributed by atoms with Crippen LogP contribution in [0.2, 0.25) is 0 Å². The second-order valence-corrected chi connectivity index (χ2v) is 8.48. The molecule has 1 atom stereocenters. The summed E-state index contributed by atoms with van der Waals surface area (Å²) < 4.78 is 32.7. The van der Waals surface area contributed by atoms with Crippen molar-refractivity contribution < 1.29 is 38.0 Å². The van der Waals surface area contributed by atoms with Crippen molar-refractivity contribution in [2.75, 3.05) is 27.6 Å². The minimum Gasteiger partial charge on any atom is -0.493 e. The third kappa shape index (κ3) is 5.05. The van der Waals surface area contributed by atoms with Crippen LogP contribution in [0.5, 0.6) is 28.7 Å². The van der Waals surface area contributed by atoms with Gasteiger partial charge in [-0.1, -0.05) is 36.4 Å². The average molecular weight is 516 g/mol. The summed E-state index contributed by atoms with van der Waals surface area (Å²) in [6.07, 6.45) is 3.49. The number of esters is 2. The Bertz CT molecular complexity index is 1440. The lowest BCUT2D eigenvalue weighted by atomic mass is 10.0. The number of nitrogens with two attached hydrogens (primary N) is 1. The maximum absolute atomic E-state index is 12.9. The van der Waals surface area contributed by atoms with Gasteiger partial charge >= 0.3 is 11.9 Å². The average Bonchev–Trinajstić information content (AvgIpc) is 3.54. The highest BCUT2D eigenvalue weighted by atomic mass is 16.7. The lowest BCUT2D eigenvalue weighted by Crippen LogP contribution is -2.26. The summed E-state index contributed by atoms with van der Waals surface area (Å²) >= 11 is 0. The van der Waals surface area contributed by atoms with Crippen molar-refractivity contribution in [3.8, 4) is 28.7 Å². The summed E-state index contributed by atoms with van der Waals surface area (Å²) in [5.74, 6) is 0.777. The van der Waals surface area contributed by atoms with Crippen LogP contribution in [0.15, 0.2) is 71.8 Å². The lowest BCUT2D eigenvalue weighted by molar-refractivity contribution is -0.136. The zero-order chi connectivity index (χ0) is 26.6. The monoisotopic (exact) mass is 515 g/mol. The molecule has 3 aromatic rings. The van der Waals surface area contributed by atoms with Crippen LogP contribution in [0, 0.1) is 0 Å². The molecule has 5 rings (SSSR count). The van der Waals surface area contributed by atoms with Gasteiger partial charge in [-0.05, 0) is 53.1 Å². The zero-order valence-corrected chi connectivity index (χ0v) is 20.8. The molecule has 0 saturated carbocycles. The van der Waals surface area contributed by atoms with Gasteiger partial charge in [0.2, 0.25) is 12.5 Å². The number of carbonyl (C=O) groups is 2. The number of benzene rings is 3. The first-order valence-corrected chi connectivity index (χ1v) is 11.7. The van der Waals surface area contributed by atoms with Gasteiger partial charge in [-0.15, -0.1) is 0 Å². The van der Waals surface area contributed by atoms with E-state index in [-0.39, 0.29) is 24.9 Å². The van der Waals surface area contributed by atoms with Crippen molar-refractivity contribution in [3.63, 3.8) is 0 Å². The molecule has 0 bridgehead atoms. The van der Waals surface area contributed by atoms with Gasteiger partial charge in [0.25, 0.3) is 0 Å². The molecule has 1 fully saturated rings. The van der Waals surface area contributed by atoms with Crippen molar-refractivity contribution in [1.82, 2.24) is 0 Å². The molecule has 38 heavy (non-hydrogen) atoms. The molecule has 0 aliphatic carbocycles. The van der Waals surface area contributed by atoms with Crippen molar-refractivity contribution in [2.45, 2.75) is 6.04 Å². The number of hydrogen-bond acceptors (Lipinski definition) is 9. The number of fused-ring (bicyclic) bond motifs is 1. The minimum absolute atomic E-state index is 0.0998. The second kappa shape index (κ2) is 10.7. The Morgan fingerprint density at radius 2 is 1.66 bits per heavy atom. The quantitative estimate of drug-likeness (QED) is 0.282. The molecule has 0 amide bonds. The summed E-state index contributed by atoms with van der Waals surface area (Å²) in [6.45, 7) is 0.282. The Morgan fingerprint density at radius 1 is 0.895 bits per heavy atom. The Morgan fingerprint density at radius 3 is 2.42 bits per heavy atom. The predicted octanol–water partition coefficient (Wildman–Crippen LogP) is 4.06. The third-order valence-electron chi connectivity index (χ3n) is 6.06. The van der Waals surface area contributed by atoms with E-state index in [4.69, 9.17) is 34.2 Å². The van der Waals surface area contributed by atoms with Crippen LogP contribution in [-0.2, 0) is 14.3 Å². The molecule has 2 aliphatic rings. The fourth-order valence-corrected chi connectivity index (χ4v) is 4.15. The van der Waals surface area contributed by atoms with E-state index >= 15 is 0 Å². The molecule has 9 nitrogen and oxygen atoms in total. The largest absolute Gasteiger partial charge is 0.493 e. The van der Waals surface area contributed by atoms with E-state index in [0.29, 0.717) is 39.5 Å². The molecule has 2 heterocycles. The maximum Gasteiger partial charge on any atom is 0.338 e. The smallest absolute Gasteiger partial charge is 0.338 e. The first-order valence-electron chi connectivity index (χ1n) is 11.7. The third-order valence-corrected chi connectivity index (χ3v) is 6.06. The number of ether oxygens (including phenoxy) is 6. The van der Waals surface area contributed by atoms with E-state index in [1.54, 1.807) is 42.5 Å². The van der Waals surface area contributed by atoms with E-state index < -0.39 is 18.0 Å². The first-order chi connectivity index (χ1) is 18.5. The van der Waals surface area contributed by atoms with Crippen LogP contribution in [0.1, 0.15) is 22.7 Å². The normalized spacial score (nSPS) is 16.9. The van der Waals surface area contributed by atoms with E-state index in [0.717, 1.165) is 5.56 Å². The van der Waals surface area contributed by atoms with E-state index in [2.05, 4.69) is 0 Å². The van der Waals surface area contributed by atoms with Gasteiger partial charge in [-0.25, -0.2) is 9.59 Å². The van der Waals surface area contributed by atoms with E-state index in [1.807, 2.05) is 30.3 Å². The molecule has 194 valence electrons. The van der Waals surface area contributed by atoms with Crippen molar-refractivity contribution in [3.05, 3.63) is 88.5 Å². The summed E-state index contributed by atoms with van der Waals surface area (Å²) in [7, 11) is 2.90. The van der Waals surface area contributed by atoms with Crippen LogP contribution in [0.4, 0.5) is 0 Å². The van der Waals surface area contributed by atoms with Crippen LogP contribution >= 0.6 is 0 Å². The molecular weight excluding hydrogens is 490 g/mol. The summed E-state index contributed by atoms with van der Waals surface area (Å²) in [6, 6.07) is 16.6.